The largest absolute Gasteiger partial charge is 0.493 e. The number of likely N-dealkylation sites (tertiary alicyclic amines) is 1. The predicted octanol–water partition coefficient (Wildman–Crippen LogP) is 4.35. The van der Waals surface area contributed by atoms with Gasteiger partial charge in [0.15, 0.2) is 11.5 Å². The molecule has 1 amide bonds. The Morgan fingerprint density at radius 2 is 1.90 bits per heavy atom. The number of methoxy groups -OCH3 is 2. The lowest BCUT2D eigenvalue weighted by Gasteiger charge is -2.22. The molecule has 0 saturated carbocycles. The van der Waals surface area contributed by atoms with Gasteiger partial charge in [-0.1, -0.05) is 22.9 Å². The summed E-state index contributed by atoms with van der Waals surface area (Å²) >= 11 is 0. The van der Waals surface area contributed by atoms with Gasteiger partial charge in [-0.05, 0) is 56.5 Å². The summed E-state index contributed by atoms with van der Waals surface area (Å²) in [5.74, 6) is 2.13. The number of aromatic nitrogens is 2. The topological polar surface area (TPSA) is 77.7 Å². The quantitative estimate of drug-likeness (QED) is 0.626. The van der Waals surface area contributed by atoms with Gasteiger partial charge in [0.05, 0.1) is 14.2 Å². The summed E-state index contributed by atoms with van der Waals surface area (Å²) in [7, 11) is 3.17. The van der Waals surface area contributed by atoms with Crippen LogP contribution in [0.4, 0.5) is 0 Å². The Labute approximate surface area is 175 Å². The van der Waals surface area contributed by atoms with E-state index in [4.69, 9.17) is 14.0 Å². The molecule has 1 saturated heterocycles. The van der Waals surface area contributed by atoms with Crippen molar-refractivity contribution in [3.8, 4) is 22.9 Å². The molecule has 30 heavy (non-hydrogen) atoms. The first-order chi connectivity index (χ1) is 14.5. The highest BCUT2D eigenvalue weighted by Crippen LogP contribution is 2.35. The highest BCUT2D eigenvalue weighted by Gasteiger charge is 2.35. The van der Waals surface area contributed by atoms with E-state index in [1.165, 1.54) is 0 Å². The van der Waals surface area contributed by atoms with Crippen molar-refractivity contribution in [3.05, 3.63) is 59.0 Å². The first-order valence-electron chi connectivity index (χ1n) is 9.96. The molecular formula is C23H25N3O4. The smallest absolute Gasteiger partial charge is 0.254 e. The molecule has 2 heterocycles. The molecule has 0 aliphatic carbocycles. The average Bonchev–Trinajstić information content (AvgIpc) is 3.42. The van der Waals surface area contributed by atoms with Gasteiger partial charge in [0.1, 0.15) is 6.04 Å². The maximum absolute atomic E-state index is 13.2. The Balaban J connectivity index is 1.60. The van der Waals surface area contributed by atoms with Crippen LogP contribution in [0, 0.1) is 13.8 Å². The molecule has 1 aromatic heterocycles. The minimum Gasteiger partial charge on any atom is -0.493 e. The molecule has 0 radical (unpaired) electrons. The van der Waals surface area contributed by atoms with Crippen molar-refractivity contribution in [3.63, 3.8) is 0 Å². The van der Waals surface area contributed by atoms with E-state index in [9.17, 15) is 4.79 Å². The minimum atomic E-state index is -0.223. The molecule has 1 aliphatic rings. The maximum Gasteiger partial charge on any atom is 0.254 e. The summed E-state index contributed by atoms with van der Waals surface area (Å²) in [6, 6.07) is 11.1. The molecule has 1 fully saturated rings. The van der Waals surface area contributed by atoms with Gasteiger partial charge in [-0.15, -0.1) is 0 Å². The molecule has 0 spiro atoms. The summed E-state index contributed by atoms with van der Waals surface area (Å²) in [6.07, 6.45) is 1.69. The van der Waals surface area contributed by atoms with Gasteiger partial charge in [-0.25, -0.2) is 0 Å². The number of ether oxygens (including phenoxy) is 2. The molecular weight excluding hydrogens is 382 g/mol. The molecule has 0 N–H and O–H groups in total. The van der Waals surface area contributed by atoms with Crippen LogP contribution in [0.15, 0.2) is 40.9 Å². The standard InChI is InChI=1S/C23H25N3O4/c1-14-7-9-17(15(2)12-14)23(27)26-11-5-6-18(26)22-24-21(25-30-22)16-8-10-19(28-3)20(13-16)29-4/h7-10,12-13,18H,5-6,11H2,1-4H3. The molecule has 1 aliphatic heterocycles. The average molecular weight is 407 g/mol. The molecule has 7 nitrogen and oxygen atoms in total. The fourth-order valence-electron chi connectivity index (χ4n) is 3.94. The lowest BCUT2D eigenvalue weighted by atomic mass is 10.0. The summed E-state index contributed by atoms with van der Waals surface area (Å²) in [6.45, 7) is 4.66. The second-order valence-corrected chi connectivity index (χ2v) is 7.50. The Bertz CT molecular complexity index is 1080. The number of hydrogen-bond donors (Lipinski definition) is 0. The van der Waals surface area contributed by atoms with Crippen molar-refractivity contribution in [1.82, 2.24) is 15.0 Å². The number of carbonyl (C=O) groups is 1. The Morgan fingerprint density at radius 1 is 1.10 bits per heavy atom. The molecule has 2 aromatic carbocycles. The van der Waals surface area contributed by atoms with Crippen molar-refractivity contribution in [1.29, 1.82) is 0 Å². The van der Waals surface area contributed by atoms with E-state index >= 15 is 0 Å². The SMILES string of the molecule is COc1ccc(-c2noc(C3CCCN3C(=O)c3ccc(C)cc3C)n2)cc1OC. The zero-order chi connectivity index (χ0) is 21.3. The summed E-state index contributed by atoms with van der Waals surface area (Å²) < 4.78 is 16.2. The number of aryl methyl sites for hydroxylation is 2. The third kappa shape index (κ3) is 3.63. The van der Waals surface area contributed by atoms with E-state index in [0.717, 1.165) is 29.5 Å². The van der Waals surface area contributed by atoms with E-state index in [0.29, 0.717) is 35.3 Å². The Hall–Kier alpha value is -3.35. The fraction of sp³-hybridized carbons (Fsp3) is 0.348. The van der Waals surface area contributed by atoms with Crippen molar-refractivity contribution in [2.24, 2.45) is 0 Å². The normalized spacial score (nSPS) is 16.0. The zero-order valence-corrected chi connectivity index (χ0v) is 17.6. The number of amides is 1. The molecule has 1 unspecified atom stereocenters. The lowest BCUT2D eigenvalue weighted by Crippen LogP contribution is -2.31. The van der Waals surface area contributed by atoms with Crippen LogP contribution in [0.25, 0.3) is 11.4 Å². The lowest BCUT2D eigenvalue weighted by molar-refractivity contribution is 0.0709. The van der Waals surface area contributed by atoms with E-state index in [1.807, 2.05) is 43.0 Å². The molecule has 0 bridgehead atoms. The number of nitrogens with zero attached hydrogens (tertiary/aromatic N) is 3. The second-order valence-electron chi connectivity index (χ2n) is 7.50. The first kappa shape index (κ1) is 19.9. The maximum atomic E-state index is 13.2. The van der Waals surface area contributed by atoms with Gasteiger partial charge in [-0.2, -0.15) is 4.98 Å². The molecule has 7 heteroatoms. The fourth-order valence-corrected chi connectivity index (χ4v) is 3.94. The van der Waals surface area contributed by atoms with Crippen LogP contribution >= 0.6 is 0 Å². The van der Waals surface area contributed by atoms with Crippen LogP contribution in [0.5, 0.6) is 11.5 Å². The van der Waals surface area contributed by atoms with Crippen molar-refractivity contribution < 1.29 is 18.8 Å². The van der Waals surface area contributed by atoms with Gasteiger partial charge in [0.25, 0.3) is 5.91 Å². The van der Waals surface area contributed by atoms with E-state index < -0.39 is 0 Å². The van der Waals surface area contributed by atoms with Crippen LogP contribution in [0.2, 0.25) is 0 Å². The highest BCUT2D eigenvalue weighted by molar-refractivity contribution is 5.96. The van der Waals surface area contributed by atoms with E-state index in [2.05, 4.69) is 10.1 Å². The Morgan fingerprint density at radius 3 is 2.63 bits per heavy atom. The number of hydrogen-bond acceptors (Lipinski definition) is 6. The molecule has 3 aromatic rings. The first-order valence-corrected chi connectivity index (χ1v) is 9.96. The van der Waals surface area contributed by atoms with E-state index in [1.54, 1.807) is 26.4 Å². The summed E-state index contributed by atoms with van der Waals surface area (Å²) in [5.41, 5.74) is 3.58. The second kappa shape index (κ2) is 8.18. The molecule has 1 atom stereocenters. The van der Waals surface area contributed by atoms with Crippen LogP contribution in [-0.2, 0) is 0 Å². The van der Waals surface area contributed by atoms with Crippen LogP contribution in [0.1, 0.15) is 46.3 Å². The monoisotopic (exact) mass is 407 g/mol. The number of rotatable bonds is 5. The Kier molecular flexibility index (Phi) is 5.44. The molecule has 4 rings (SSSR count). The third-order valence-electron chi connectivity index (χ3n) is 5.49. The third-order valence-corrected chi connectivity index (χ3v) is 5.49. The molecule has 156 valence electrons. The van der Waals surface area contributed by atoms with Crippen LogP contribution in [-0.4, -0.2) is 41.7 Å². The van der Waals surface area contributed by atoms with Crippen LogP contribution in [0.3, 0.4) is 0 Å². The van der Waals surface area contributed by atoms with Crippen molar-refractivity contribution in [2.75, 3.05) is 20.8 Å². The summed E-state index contributed by atoms with van der Waals surface area (Å²) in [5, 5.41) is 4.14. The highest BCUT2D eigenvalue weighted by atomic mass is 16.5. The number of carbonyl (C=O) groups excluding carboxylic acids is 1. The van der Waals surface area contributed by atoms with Gasteiger partial charge in [0.2, 0.25) is 11.7 Å². The van der Waals surface area contributed by atoms with Gasteiger partial charge >= 0.3 is 0 Å². The minimum absolute atomic E-state index is 0.000803. The van der Waals surface area contributed by atoms with Crippen LogP contribution < -0.4 is 9.47 Å². The van der Waals surface area contributed by atoms with Gasteiger partial charge < -0.3 is 18.9 Å². The van der Waals surface area contributed by atoms with Gasteiger partial charge in [0, 0.05) is 17.7 Å². The van der Waals surface area contributed by atoms with E-state index in [-0.39, 0.29) is 11.9 Å². The van der Waals surface area contributed by atoms with Crippen molar-refractivity contribution >= 4 is 5.91 Å². The van der Waals surface area contributed by atoms with Crippen molar-refractivity contribution in [2.45, 2.75) is 32.7 Å². The summed E-state index contributed by atoms with van der Waals surface area (Å²) in [4.78, 5) is 19.6. The number of benzene rings is 2. The predicted molar refractivity (Wildman–Crippen MR) is 112 cm³/mol. The van der Waals surface area contributed by atoms with Gasteiger partial charge in [-0.3, -0.25) is 4.79 Å². The zero-order valence-electron chi connectivity index (χ0n) is 17.6.